The molecule has 0 aromatic heterocycles. The van der Waals surface area contributed by atoms with Gasteiger partial charge in [0.15, 0.2) is 0 Å². The molecule has 1 fully saturated rings. The van der Waals surface area contributed by atoms with Crippen LogP contribution in [0.2, 0.25) is 0 Å². The van der Waals surface area contributed by atoms with Crippen LogP contribution in [0.15, 0.2) is 24.3 Å². The SMILES string of the molecule is CN(Cc1ccccc1CN)C(=O)CC1CCCC1. The molecule has 19 heavy (non-hydrogen) atoms. The lowest BCUT2D eigenvalue weighted by atomic mass is 10.0. The molecule has 1 saturated carbocycles. The van der Waals surface area contributed by atoms with E-state index >= 15 is 0 Å². The number of rotatable bonds is 5. The zero-order chi connectivity index (χ0) is 13.7. The van der Waals surface area contributed by atoms with Crippen molar-refractivity contribution >= 4 is 5.91 Å². The van der Waals surface area contributed by atoms with Gasteiger partial charge in [-0.25, -0.2) is 0 Å². The topological polar surface area (TPSA) is 46.3 Å². The van der Waals surface area contributed by atoms with E-state index in [-0.39, 0.29) is 5.91 Å². The Morgan fingerprint density at radius 2 is 1.89 bits per heavy atom. The zero-order valence-corrected chi connectivity index (χ0v) is 11.8. The average Bonchev–Trinajstić information content (AvgIpc) is 2.92. The van der Waals surface area contributed by atoms with Gasteiger partial charge in [-0.1, -0.05) is 37.1 Å². The molecular weight excluding hydrogens is 236 g/mol. The van der Waals surface area contributed by atoms with Gasteiger partial charge in [0.25, 0.3) is 0 Å². The number of hydrogen-bond donors (Lipinski definition) is 1. The zero-order valence-electron chi connectivity index (χ0n) is 11.8. The van der Waals surface area contributed by atoms with Crippen molar-refractivity contribution in [1.82, 2.24) is 4.90 Å². The van der Waals surface area contributed by atoms with Gasteiger partial charge in [0, 0.05) is 26.6 Å². The third kappa shape index (κ3) is 3.80. The molecule has 1 aliphatic rings. The molecule has 0 aliphatic heterocycles. The Morgan fingerprint density at radius 1 is 1.26 bits per heavy atom. The molecule has 104 valence electrons. The van der Waals surface area contributed by atoms with Crippen molar-refractivity contribution in [2.24, 2.45) is 11.7 Å². The highest BCUT2D eigenvalue weighted by molar-refractivity contribution is 5.76. The Kier molecular flexibility index (Phi) is 4.97. The molecule has 0 saturated heterocycles. The number of nitrogens with zero attached hydrogens (tertiary/aromatic N) is 1. The van der Waals surface area contributed by atoms with Gasteiger partial charge < -0.3 is 10.6 Å². The van der Waals surface area contributed by atoms with Crippen LogP contribution < -0.4 is 5.73 Å². The van der Waals surface area contributed by atoms with Gasteiger partial charge in [-0.2, -0.15) is 0 Å². The van der Waals surface area contributed by atoms with Gasteiger partial charge in [0.2, 0.25) is 5.91 Å². The minimum Gasteiger partial charge on any atom is -0.341 e. The predicted octanol–water partition coefficient (Wildman–Crippen LogP) is 2.68. The van der Waals surface area contributed by atoms with Crippen LogP contribution >= 0.6 is 0 Å². The van der Waals surface area contributed by atoms with E-state index in [4.69, 9.17) is 5.73 Å². The smallest absolute Gasteiger partial charge is 0.222 e. The minimum atomic E-state index is 0.263. The summed E-state index contributed by atoms with van der Waals surface area (Å²) in [5.74, 6) is 0.874. The lowest BCUT2D eigenvalue weighted by Gasteiger charge is -2.20. The first kappa shape index (κ1) is 14.1. The summed E-state index contributed by atoms with van der Waals surface area (Å²) >= 11 is 0. The fourth-order valence-corrected chi connectivity index (χ4v) is 2.87. The number of hydrogen-bond acceptors (Lipinski definition) is 2. The maximum Gasteiger partial charge on any atom is 0.222 e. The molecule has 0 atom stereocenters. The van der Waals surface area contributed by atoms with Gasteiger partial charge in [-0.15, -0.1) is 0 Å². The molecule has 0 spiro atoms. The molecular formula is C16H24N2O. The predicted molar refractivity (Wildman–Crippen MR) is 77.4 cm³/mol. The maximum absolute atomic E-state index is 12.2. The summed E-state index contributed by atoms with van der Waals surface area (Å²) in [6.07, 6.45) is 5.73. The molecule has 1 aromatic carbocycles. The van der Waals surface area contributed by atoms with E-state index in [0.29, 0.717) is 25.4 Å². The summed E-state index contributed by atoms with van der Waals surface area (Å²) in [6.45, 7) is 1.19. The molecule has 1 aromatic rings. The van der Waals surface area contributed by atoms with Crippen LogP contribution in [0.1, 0.15) is 43.2 Å². The van der Waals surface area contributed by atoms with Gasteiger partial charge in [-0.3, -0.25) is 4.79 Å². The lowest BCUT2D eigenvalue weighted by molar-refractivity contribution is -0.131. The van der Waals surface area contributed by atoms with E-state index in [2.05, 4.69) is 6.07 Å². The first-order chi connectivity index (χ1) is 9.20. The van der Waals surface area contributed by atoms with Crippen LogP contribution in [0.5, 0.6) is 0 Å². The molecule has 0 heterocycles. The van der Waals surface area contributed by atoms with Crippen molar-refractivity contribution in [2.75, 3.05) is 7.05 Å². The van der Waals surface area contributed by atoms with Crippen LogP contribution in [0, 0.1) is 5.92 Å². The molecule has 1 aliphatic carbocycles. The summed E-state index contributed by atoms with van der Waals surface area (Å²) in [6, 6.07) is 8.09. The fraction of sp³-hybridized carbons (Fsp3) is 0.562. The second kappa shape index (κ2) is 6.71. The highest BCUT2D eigenvalue weighted by atomic mass is 16.2. The number of amides is 1. The molecule has 0 radical (unpaired) electrons. The second-order valence-corrected chi connectivity index (χ2v) is 5.58. The minimum absolute atomic E-state index is 0.263. The van der Waals surface area contributed by atoms with E-state index in [9.17, 15) is 4.79 Å². The Labute approximate surface area is 115 Å². The largest absolute Gasteiger partial charge is 0.341 e. The first-order valence-electron chi connectivity index (χ1n) is 7.21. The van der Waals surface area contributed by atoms with Gasteiger partial charge in [0.1, 0.15) is 0 Å². The molecule has 3 nitrogen and oxygen atoms in total. The van der Waals surface area contributed by atoms with Crippen LogP contribution in [0.3, 0.4) is 0 Å². The molecule has 2 N–H and O–H groups in total. The second-order valence-electron chi connectivity index (χ2n) is 5.58. The van der Waals surface area contributed by atoms with E-state index < -0.39 is 0 Å². The summed E-state index contributed by atoms with van der Waals surface area (Å²) in [5, 5.41) is 0. The van der Waals surface area contributed by atoms with E-state index in [0.717, 1.165) is 11.1 Å². The van der Waals surface area contributed by atoms with Gasteiger partial charge >= 0.3 is 0 Å². The van der Waals surface area contributed by atoms with Crippen LogP contribution in [-0.2, 0) is 17.9 Å². The summed E-state index contributed by atoms with van der Waals surface area (Å²) in [7, 11) is 1.89. The fourth-order valence-electron chi connectivity index (χ4n) is 2.87. The highest BCUT2D eigenvalue weighted by Gasteiger charge is 2.20. The number of carbonyl (C=O) groups is 1. The average molecular weight is 260 g/mol. The van der Waals surface area contributed by atoms with Crippen molar-refractivity contribution in [3.8, 4) is 0 Å². The normalized spacial score (nSPS) is 15.7. The molecule has 1 amide bonds. The monoisotopic (exact) mass is 260 g/mol. The third-order valence-corrected chi connectivity index (χ3v) is 4.11. The lowest BCUT2D eigenvalue weighted by Crippen LogP contribution is -2.28. The maximum atomic E-state index is 12.2. The molecule has 0 bridgehead atoms. The summed E-state index contributed by atoms with van der Waals surface area (Å²) in [5.41, 5.74) is 8.02. The van der Waals surface area contributed by atoms with E-state index in [1.165, 1.54) is 25.7 Å². The van der Waals surface area contributed by atoms with Crippen LogP contribution in [0.4, 0.5) is 0 Å². The quantitative estimate of drug-likeness (QED) is 0.884. The Morgan fingerprint density at radius 3 is 2.53 bits per heavy atom. The van der Waals surface area contributed by atoms with Crippen molar-refractivity contribution in [1.29, 1.82) is 0 Å². The number of nitrogens with two attached hydrogens (primary N) is 1. The van der Waals surface area contributed by atoms with E-state index in [1.54, 1.807) is 0 Å². The standard InChI is InChI=1S/C16H24N2O/c1-18(16(19)10-13-6-2-3-7-13)12-15-9-5-4-8-14(15)11-17/h4-5,8-9,13H,2-3,6-7,10-12,17H2,1H3. The highest BCUT2D eigenvalue weighted by Crippen LogP contribution is 2.28. The number of benzene rings is 1. The van der Waals surface area contributed by atoms with Gasteiger partial charge in [-0.05, 0) is 29.9 Å². The van der Waals surface area contributed by atoms with Crippen molar-refractivity contribution in [2.45, 2.75) is 45.2 Å². The molecule has 0 unspecified atom stereocenters. The van der Waals surface area contributed by atoms with Gasteiger partial charge in [0.05, 0.1) is 0 Å². The van der Waals surface area contributed by atoms with Crippen molar-refractivity contribution in [3.63, 3.8) is 0 Å². The van der Waals surface area contributed by atoms with Crippen molar-refractivity contribution < 1.29 is 4.79 Å². The Hall–Kier alpha value is -1.35. The third-order valence-electron chi connectivity index (χ3n) is 4.11. The number of carbonyl (C=O) groups excluding carboxylic acids is 1. The van der Waals surface area contributed by atoms with Crippen molar-refractivity contribution in [3.05, 3.63) is 35.4 Å². The molecule has 3 heteroatoms. The van der Waals surface area contributed by atoms with Crippen LogP contribution in [0.25, 0.3) is 0 Å². The van der Waals surface area contributed by atoms with E-state index in [1.807, 2.05) is 30.1 Å². The summed E-state index contributed by atoms with van der Waals surface area (Å²) in [4.78, 5) is 14.0. The first-order valence-corrected chi connectivity index (χ1v) is 7.21. The molecule has 2 rings (SSSR count). The van der Waals surface area contributed by atoms with Crippen LogP contribution in [-0.4, -0.2) is 17.9 Å². The summed E-state index contributed by atoms with van der Waals surface area (Å²) < 4.78 is 0. The Balaban J connectivity index is 1.92. The Bertz CT molecular complexity index is 425.